The molecule has 0 spiro atoms. The van der Waals surface area contributed by atoms with Crippen molar-refractivity contribution >= 4 is 10.0 Å². The molecule has 1 rings (SSSR count). The van der Waals surface area contributed by atoms with Gasteiger partial charge in [-0.3, -0.25) is 0 Å². The van der Waals surface area contributed by atoms with E-state index >= 15 is 0 Å². The lowest BCUT2D eigenvalue weighted by atomic mass is 10.1. The molecule has 28 heavy (non-hydrogen) atoms. The molecule has 0 aromatic heterocycles. The van der Waals surface area contributed by atoms with Gasteiger partial charge < -0.3 is 14.2 Å². The fraction of sp³-hybridized carbons (Fsp3) is 0.524. The third kappa shape index (κ3) is 8.24. The van der Waals surface area contributed by atoms with Gasteiger partial charge in [0.05, 0.1) is 18.1 Å². The number of nitrogens with two attached hydrogens (primary N) is 1. The Labute approximate surface area is 169 Å². The summed E-state index contributed by atoms with van der Waals surface area (Å²) >= 11 is 0. The van der Waals surface area contributed by atoms with Gasteiger partial charge in [-0.1, -0.05) is 56.3 Å². The van der Waals surface area contributed by atoms with Crippen molar-refractivity contribution in [3.8, 4) is 0 Å². The molecule has 158 valence electrons. The first kappa shape index (κ1) is 24.5. The monoisotopic (exact) mass is 411 g/mol. The number of hydrogen-bond donors (Lipinski definition) is 1. The van der Waals surface area contributed by atoms with E-state index in [0.29, 0.717) is 32.8 Å². The fourth-order valence-corrected chi connectivity index (χ4v) is 3.72. The SMILES string of the molecule is CCOC(C=C([C@H](C)/C=C\COCc1ccccc1)S(N)(=O)=O)(CC)OCC. The quantitative estimate of drug-likeness (QED) is 0.303. The molecule has 0 aliphatic carbocycles. The van der Waals surface area contributed by atoms with Gasteiger partial charge >= 0.3 is 0 Å². The molecule has 1 aromatic rings. The third-order valence-corrected chi connectivity index (χ3v) is 5.31. The predicted molar refractivity (Wildman–Crippen MR) is 112 cm³/mol. The van der Waals surface area contributed by atoms with Crippen LogP contribution >= 0.6 is 0 Å². The number of ether oxygens (including phenoxy) is 3. The molecule has 0 radical (unpaired) electrons. The molecule has 1 atom stereocenters. The van der Waals surface area contributed by atoms with Crippen LogP contribution in [0.25, 0.3) is 0 Å². The molecule has 1 aromatic carbocycles. The Morgan fingerprint density at radius 3 is 2.25 bits per heavy atom. The summed E-state index contributed by atoms with van der Waals surface area (Å²) in [4.78, 5) is 0.0653. The van der Waals surface area contributed by atoms with E-state index in [-0.39, 0.29) is 4.91 Å². The molecule has 0 aliphatic heterocycles. The van der Waals surface area contributed by atoms with Crippen molar-refractivity contribution in [2.24, 2.45) is 11.1 Å². The minimum Gasteiger partial charge on any atom is -0.373 e. The standard InChI is InChI=1S/C21H33NO5S/c1-5-21(26-6-2,27-7-3)16-20(28(22,23)24)18(4)12-11-15-25-17-19-13-9-8-10-14-19/h8-14,16,18H,5-7,15,17H2,1-4H3,(H2,22,23,24)/b12-11-,20-16?/t18-/m1/s1. The Hall–Kier alpha value is -1.51. The first-order valence-electron chi connectivity index (χ1n) is 9.59. The van der Waals surface area contributed by atoms with Crippen molar-refractivity contribution in [3.63, 3.8) is 0 Å². The maximum atomic E-state index is 12.2. The summed E-state index contributed by atoms with van der Waals surface area (Å²) in [6.45, 7) is 8.95. The second kappa shape index (κ2) is 12.1. The maximum Gasteiger partial charge on any atom is 0.234 e. The topological polar surface area (TPSA) is 87.9 Å². The second-order valence-electron chi connectivity index (χ2n) is 6.34. The fourth-order valence-electron chi connectivity index (χ4n) is 2.78. The highest BCUT2D eigenvalue weighted by Crippen LogP contribution is 2.27. The van der Waals surface area contributed by atoms with E-state index in [9.17, 15) is 8.42 Å². The molecule has 0 unspecified atom stereocenters. The molecule has 0 saturated heterocycles. The number of allylic oxidation sites excluding steroid dienone is 2. The van der Waals surface area contributed by atoms with E-state index in [2.05, 4.69) is 0 Å². The summed E-state index contributed by atoms with van der Waals surface area (Å²) in [5, 5.41) is 5.47. The molecule has 0 bridgehead atoms. The smallest absolute Gasteiger partial charge is 0.234 e. The zero-order chi connectivity index (χ0) is 21.0. The molecule has 0 saturated carbocycles. The average molecular weight is 412 g/mol. The highest BCUT2D eigenvalue weighted by atomic mass is 32.2. The van der Waals surface area contributed by atoms with Gasteiger partial charge in [0.25, 0.3) is 0 Å². The Bertz CT molecular complexity index is 722. The number of rotatable bonds is 13. The van der Waals surface area contributed by atoms with Crippen LogP contribution in [0.3, 0.4) is 0 Å². The van der Waals surface area contributed by atoms with Crippen molar-refractivity contribution < 1.29 is 22.6 Å². The van der Waals surface area contributed by atoms with Crippen molar-refractivity contribution in [2.75, 3.05) is 19.8 Å². The van der Waals surface area contributed by atoms with Crippen LogP contribution in [0.15, 0.2) is 53.5 Å². The zero-order valence-corrected chi connectivity index (χ0v) is 18.1. The first-order valence-corrected chi connectivity index (χ1v) is 11.1. The summed E-state index contributed by atoms with van der Waals surface area (Å²) in [7, 11) is -3.92. The first-order chi connectivity index (χ1) is 13.3. The molecule has 0 heterocycles. The van der Waals surface area contributed by atoms with Crippen molar-refractivity contribution in [1.82, 2.24) is 0 Å². The van der Waals surface area contributed by atoms with Gasteiger partial charge in [-0.2, -0.15) is 0 Å². The minimum atomic E-state index is -3.92. The van der Waals surface area contributed by atoms with E-state index in [0.717, 1.165) is 5.56 Å². The van der Waals surface area contributed by atoms with Crippen LogP contribution in [-0.2, 0) is 30.8 Å². The summed E-state index contributed by atoms with van der Waals surface area (Å²) in [6.07, 6.45) is 5.51. The van der Waals surface area contributed by atoms with Gasteiger partial charge in [0, 0.05) is 25.6 Å². The van der Waals surface area contributed by atoms with Gasteiger partial charge in [0.2, 0.25) is 10.0 Å². The minimum absolute atomic E-state index is 0.0653. The Morgan fingerprint density at radius 2 is 1.75 bits per heavy atom. The van der Waals surface area contributed by atoms with E-state index < -0.39 is 21.7 Å². The maximum absolute atomic E-state index is 12.2. The van der Waals surface area contributed by atoms with Crippen LogP contribution in [0, 0.1) is 5.92 Å². The lowest BCUT2D eigenvalue weighted by molar-refractivity contribution is -0.200. The zero-order valence-electron chi connectivity index (χ0n) is 17.3. The van der Waals surface area contributed by atoms with E-state index in [1.807, 2.05) is 51.1 Å². The Morgan fingerprint density at radius 1 is 1.14 bits per heavy atom. The summed E-state index contributed by atoms with van der Waals surface area (Å²) in [5.74, 6) is -1.56. The number of sulfonamides is 1. The van der Waals surface area contributed by atoms with Gasteiger partial charge in [-0.25, -0.2) is 13.6 Å². The Kier molecular flexibility index (Phi) is 10.6. The normalized spacial score (nSPS) is 14.5. The van der Waals surface area contributed by atoms with Gasteiger partial charge in [-0.15, -0.1) is 0 Å². The average Bonchev–Trinajstić information content (AvgIpc) is 2.65. The molecule has 0 fully saturated rings. The van der Waals surface area contributed by atoms with Crippen molar-refractivity contribution in [2.45, 2.75) is 46.5 Å². The molecular weight excluding hydrogens is 378 g/mol. The van der Waals surface area contributed by atoms with Gasteiger partial charge in [0.15, 0.2) is 5.79 Å². The largest absolute Gasteiger partial charge is 0.373 e. The number of benzene rings is 1. The predicted octanol–water partition coefficient (Wildman–Crippen LogP) is 3.75. The van der Waals surface area contributed by atoms with Crippen molar-refractivity contribution in [1.29, 1.82) is 0 Å². The molecule has 0 aliphatic rings. The molecule has 0 amide bonds. The van der Waals surface area contributed by atoms with E-state index in [1.165, 1.54) is 6.08 Å². The molecule has 7 heteroatoms. The van der Waals surface area contributed by atoms with Crippen molar-refractivity contribution in [3.05, 3.63) is 59.0 Å². The van der Waals surface area contributed by atoms with Crippen LogP contribution < -0.4 is 5.14 Å². The van der Waals surface area contributed by atoms with Crippen LogP contribution in [-0.4, -0.2) is 34.0 Å². The summed E-state index contributed by atoms with van der Waals surface area (Å²) in [6, 6.07) is 9.83. The lowest BCUT2D eigenvalue weighted by Crippen LogP contribution is -2.35. The van der Waals surface area contributed by atoms with E-state index in [1.54, 1.807) is 19.1 Å². The Balaban J connectivity index is 2.87. The molecular formula is C21H33NO5S. The second-order valence-corrected chi connectivity index (χ2v) is 7.90. The number of hydrogen-bond acceptors (Lipinski definition) is 5. The van der Waals surface area contributed by atoms with Crippen LogP contribution in [0.1, 0.15) is 39.7 Å². The highest BCUT2D eigenvalue weighted by Gasteiger charge is 2.31. The highest BCUT2D eigenvalue weighted by molar-refractivity contribution is 7.93. The van der Waals surface area contributed by atoms with Gasteiger partial charge in [0.1, 0.15) is 0 Å². The van der Waals surface area contributed by atoms with E-state index in [4.69, 9.17) is 19.3 Å². The summed E-state index contributed by atoms with van der Waals surface area (Å²) in [5.41, 5.74) is 1.08. The number of primary sulfonamides is 1. The lowest BCUT2D eigenvalue weighted by Gasteiger charge is -2.30. The van der Waals surface area contributed by atoms with Crippen LogP contribution in [0.2, 0.25) is 0 Å². The molecule has 2 N–H and O–H groups in total. The molecule has 6 nitrogen and oxygen atoms in total. The van der Waals surface area contributed by atoms with Crippen LogP contribution in [0.4, 0.5) is 0 Å². The summed E-state index contributed by atoms with van der Waals surface area (Å²) < 4.78 is 41.4. The van der Waals surface area contributed by atoms with Gasteiger partial charge in [-0.05, 0) is 25.5 Å². The third-order valence-electron chi connectivity index (χ3n) is 4.16. The van der Waals surface area contributed by atoms with Crippen LogP contribution in [0.5, 0.6) is 0 Å².